The normalized spacial score (nSPS) is 9.00. The first-order valence-electron chi connectivity index (χ1n) is 4.49. The van der Waals surface area contributed by atoms with E-state index in [1.54, 1.807) is 0 Å². The molecule has 0 spiro atoms. The van der Waals surface area contributed by atoms with E-state index in [0.717, 1.165) is 12.8 Å². The van der Waals surface area contributed by atoms with Crippen LogP contribution in [0, 0.1) is 0 Å². The molecule has 3 heteroatoms. The summed E-state index contributed by atoms with van der Waals surface area (Å²) in [5, 5.41) is 0. The molecule has 0 saturated carbocycles. The smallest absolute Gasteiger partial charge is 1.00 e. The summed E-state index contributed by atoms with van der Waals surface area (Å²) in [6.07, 6.45) is 2.20. The van der Waals surface area contributed by atoms with E-state index < -0.39 is 0 Å². The molecule has 0 heterocycles. The summed E-state index contributed by atoms with van der Waals surface area (Å²) in [7, 11) is 0. The van der Waals surface area contributed by atoms with Gasteiger partial charge in [0, 0.05) is 6.92 Å². The Labute approximate surface area is 108 Å². The Balaban J connectivity index is 0. The fourth-order valence-corrected chi connectivity index (χ4v) is 1.18. The second kappa shape index (κ2) is 7.04. The van der Waals surface area contributed by atoms with Crippen molar-refractivity contribution < 1.29 is 40.5 Å². The van der Waals surface area contributed by atoms with Crippen molar-refractivity contribution in [1.29, 1.82) is 0 Å². The molecule has 2 nitrogen and oxygen atoms in total. The van der Waals surface area contributed by atoms with Gasteiger partial charge in [0.05, 0.1) is 0 Å². The molecular formula is C11H15NaO2. The number of esters is 1. The molecular weight excluding hydrogens is 187 g/mol. The van der Waals surface area contributed by atoms with Crippen molar-refractivity contribution in [2.75, 3.05) is 0 Å². The van der Waals surface area contributed by atoms with Crippen molar-refractivity contribution in [3.05, 3.63) is 29.8 Å². The minimum absolute atomic E-state index is 0. The summed E-state index contributed by atoms with van der Waals surface area (Å²) in [5.74, 6) is 0.343. The minimum atomic E-state index is -0.275. The van der Waals surface area contributed by atoms with Crippen LogP contribution < -0.4 is 34.3 Å². The summed E-state index contributed by atoms with van der Waals surface area (Å²) < 4.78 is 4.91. The van der Waals surface area contributed by atoms with Crippen LogP contribution in [0.15, 0.2) is 24.3 Å². The summed E-state index contributed by atoms with van der Waals surface area (Å²) in [6, 6.07) is 7.63. The molecule has 0 unspecified atom stereocenters. The van der Waals surface area contributed by atoms with E-state index in [0.29, 0.717) is 5.75 Å². The van der Waals surface area contributed by atoms with Gasteiger partial charge in [0.15, 0.2) is 0 Å². The van der Waals surface area contributed by atoms with Gasteiger partial charge in [0.1, 0.15) is 5.75 Å². The average Bonchev–Trinajstić information content (AvgIpc) is 2.08. The van der Waals surface area contributed by atoms with Crippen molar-refractivity contribution in [1.82, 2.24) is 0 Å². The van der Waals surface area contributed by atoms with E-state index in [1.165, 1.54) is 12.5 Å². The van der Waals surface area contributed by atoms with E-state index in [-0.39, 0.29) is 37.0 Å². The zero-order valence-electron chi connectivity index (χ0n) is 10.0. The molecule has 0 atom stereocenters. The fraction of sp³-hybridized carbons (Fsp3) is 0.364. The van der Waals surface area contributed by atoms with Crippen LogP contribution in [0.2, 0.25) is 0 Å². The zero-order chi connectivity index (χ0) is 9.68. The molecule has 0 radical (unpaired) electrons. The molecule has 0 fully saturated rings. The van der Waals surface area contributed by atoms with Crippen molar-refractivity contribution >= 4 is 5.97 Å². The summed E-state index contributed by atoms with van der Waals surface area (Å²) in [5.41, 5.74) is 1.28. The molecule has 0 amide bonds. The molecule has 0 N–H and O–H groups in total. The Hall–Kier alpha value is -0.310. The Bertz CT molecular complexity index is 285. The standard InChI is InChI=1S/C11H14O2.Na.H/c1-3-4-10-5-7-11(8-6-10)13-9(2)12;;/h5-8H,3-4H2,1-2H3;;/q;+1;-1. The number of hydrogen-bond acceptors (Lipinski definition) is 2. The maximum atomic E-state index is 10.6. The van der Waals surface area contributed by atoms with Gasteiger partial charge < -0.3 is 6.16 Å². The second-order valence-electron chi connectivity index (χ2n) is 2.99. The van der Waals surface area contributed by atoms with Gasteiger partial charge in [-0.1, -0.05) is 25.5 Å². The topological polar surface area (TPSA) is 26.3 Å². The molecule has 72 valence electrons. The molecule has 0 bridgehead atoms. The number of aryl methyl sites for hydroxylation is 1. The van der Waals surface area contributed by atoms with Crippen LogP contribution >= 0.6 is 0 Å². The van der Waals surface area contributed by atoms with Crippen LogP contribution in [-0.4, -0.2) is 5.97 Å². The first kappa shape index (κ1) is 13.7. The molecule has 0 saturated heterocycles. The first-order chi connectivity index (χ1) is 6.22. The van der Waals surface area contributed by atoms with Crippen molar-refractivity contribution in [3.63, 3.8) is 0 Å². The van der Waals surface area contributed by atoms with Gasteiger partial charge in [-0.2, -0.15) is 0 Å². The number of rotatable bonds is 3. The van der Waals surface area contributed by atoms with Gasteiger partial charge in [0.25, 0.3) is 0 Å². The van der Waals surface area contributed by atoms with E-state index in [9.17, 15) is 4.79 Å². The van der Waals surface area contributed by atoms with Gasteiger partial charge >= 0.3 is 35.5 Å². The summed E-state index contributed by atoms with van der Waals surface area (Å²) in [6.45, 7) is 3.54. The number of carbonyl (C=O) groups is 1. The molecule has 0 aliphatic rings. The van der Waals surface area contributed by atoms with Crippen LogP contribution in [0.1, 0.15) is 27.3 Å². The van der Waals surface area contributed by atoms with E-state index in [4.69, 9.17) is 4.74 Å². The van der Waals surface area contributed by atoms with E-state index in [2.05, 4.69) is 6.92 Å². The SMILES string of the molecule is CCCc1ccc(OC(C)=O)cc1.[H-].[Na+]. The molecule has 0 aliphatic heterocycles. The third-order valence-corrected chi connectivity index (χ3v) is 1.72. The molecule has 1 aromatic rings. The maximum absolute atomic E-state index is 10.6. The van der Waals surface area contributed by atoms with E-state index >= 15 is 0 Å². The second-order valence-corrected chi connectivity index (χ2v) is 2.99. The zero-order valence-corrected chi connectivity index (χ0v) is 11.0. The molecule has 0 aliphatic carbocycles. The number of carbonyl (C=O) groups excluding carboxylic acids is 1. The first-order valence-corrected chi connectivity index (χ1v) is 4.49. The Morgan fingerprint density at radius 2 is 1.93 bits per heavy atom. The van der Waals surface area contributed by atoms with Crippen LogP contribution in [0.5, 0.6) is 5.75 Å². The van der Waals surface area contributed by atoms with Crippen LogP contribution in [0.4, 0.5) is 0 Å². The van der Waals surface area contributed by atoms with Crippen molar-refractivity contribution in [2.24, 2.45) is 0 Å². The summed E-state index contributed by atoms with van der Waals surface area (Å²) >= 11 is 0. The maximum Gasteiger partial charge on any atom is 1.00 e. The fourth-order valence-electron chi connectivity index (χ4n) is 1.18. The largest absolute Gasteiger partial charge is 1.00 e. The van der Waals surface area contributed by atoms with Gasteiger partial charge in [-0.05, 0) is 24.1 Å². The monoisotopic (exact) mass is 202 g/mol. The molecule has 1 aromatic carbocycles. The quantitative estimate of drug-likeness (QED) is 0.381. The van der Waals surface area contributed by atoms with Gasteiger partial charge in [-0.25, -0.2) is 0 Å². The van der Waals surface area contributed by atoms with Gasteiger partial charge in [0.2, 0.25) is 0 Å². The Morgan fingerprint density at radius 1 is 1.36 bits per heavy atom. The summed E-state index contributed by atoms with van der Waals surface area (Å²) in [4.78, 5) is 10.6. The minimum Gasteiger partial charge on any atom is -1.00 e. The number of benzene rings is 1. The van der Waals surface area contributed by atoms with Gasteiger partial charge in [-0.15, -0.1) is 0 Å². The number of ether oxygens (including phenoxy) is 1. The van der Waals surface area contributed by atoms with Crippen LogP contribution in [0.25, 0.3) is 0 Å². The van der Waals surface area contributed by atoms with Crippen molar-refractivity contribution in [2.45, 2.75) is 26.7 Å². The third kappa shape index (κ3) is 4.80. The predicted molar refractivity (Wildman–Crippen MR) is 52.9 cm³/mol. The Kier molecular flexibility index (Phi) is 6.89. The van der Waals surface area contributed by atoms with Gasteiger partial charge in [-0.3, -0.25) is 4.79 Å². The molecule has 1 rings (SSSR count). The van der Waals surface area contributed by atoms with Crippen molar-refractivity contribution in [3.8, 4) is 5.75 Å². The Morgan fingerprint density at radius 3 is 2.36 bits per heavy atom. The number of hydrogen-bond donors (Lipinski definition) is 0. The molecule has 14 heavy (non-hydrogen) atoms. The molecule has 0 aromatic heterocycles. The third-order valence-electron chi connectivity index (χ3n) is 1.72. The van der Waals surface area contributed by atoms with E-state index in [1.807, 2.05) is 24.3 Å². The van der Waals surface area contributed by atoms with Crippen LogP contribution in [0.3, 0.4) is 0 Å². The average molecular weight is 202 g/mol. The van der Waals surface area contributed by atoms with Crippen LogP contribution in [-0.2, 0) is 11.2 Å². The predicted octanol–water partition coefficient (Wildman–Crippen LogP) is -0.319.